The van der Waals surface area contributed by atoms with Crippen molar-refractivity contribution in [3.8, 4) is 5.75 Å². The third-order valence-electron chi connectivity index (χ3n) is 2.34. The van der Waals surface area contributed by atoms with Crippen LogP contribution in [0.2, 0.25) is 5.02 Å². The van der Waals surface area contributed by atoms with Crippen LogP contribution in [0.1, 0.15) is 16.7 Å². The minimum absolute atomic E-state index is 0.310. The lowest BCUT2D eigenvalue weighted by Crippen LogP contribution is -1.96. The zero-order valence-corrected chi connectivity index (χ0v) is 9.68. The second-order valence-electron chi connectivity index (χ2n) is 3.22. The zero-order valence-electron chi connectivity index (χ0n) is 8.93. The van der Waals surface area contributed by atoms with Crippen LogP contribution in [-0.4, -0.2) is 13.2 Å². The van der Waals surface area contributed by atoms with Gasteiger partial charge in [0.15, 0.2) is 0 Å². The van der Waals surface area contributed by atoms with Crippen molar-refractivity contribution in [2.75, 3.05) is 7.11 Å². The van der Waals surface area contributed by atoms with Crippen LogP contribution in [0.3, 0.4) is 0 Å². The Morgan fingerprint density at radius 3 is 2.73 bits per heavy atom. The van der Waals surface area contributed by atoms with Gasteiger partial charge >= 0.3 is 0 Å². The number of hydrogen-bond donors (Lipinski definition) is 0. The monoisotopic (exact) mass is 225 g/mol. The average Bonchev–Trinajstić information content (AvgIpc) is 2.23. The van der Waals surface area contributed by atoms with Crippen LogP contribution in [0, 0.1) is 13.8 Å². The molecule has 0 aliphatic rings. The molecule has 0 radical (unpaired) electrons. The van der Waals surface area contributed by atoms with E-state index in [0.29, 0.717) is 17.3 Å². The fraction of sp³-hybridized carbons (Fsp3) is 0.364. The van der Waals surface area contributed by atoms with Gasteiger partial charge in [-0.3, -0.25) is 0 Å². The summed E-state index contributed by atoms with van der Waals surface area (Å²) in [6, 6.07) is 1.84. The summed E-state index contributed by atoms with van der Waals surface area (Å²) < 4.78 is 5.13. The number of methoxy groups -OCH3 is 1. The molecule has 0 bridgehead atoms. The molecule has 0 heterocycles. The van der Waals surface area contributed by atoms with Gasteiger partial charge in [-0.1, -0.05) is 11.6 Å². The lowest BCUT2D eigenvalue weighted by molar-refractivity contribution is 0.414. The smallest absolute Gasteiger partial charge is 0.235 e. The van der Waals surface area contributed by atoms with Crippen molar-refractivity contribution in [3.63, 3.8) is 0 Å². The molecule has 0 spiro atoms. The molecule has 15 heavy (non-hydrogen) atoms. The largest absolute Gasteiger partial charge is 0.495 e. The lowest BCUT2D eigenvalue weighted by Gasteiger charge is -2.12. The Labute approximate surface area is 93.7 Å². The molecule has 0 aliphatic heterocycles. The molecule has 1 aromatic carbocycles. The second kappa shape index (κ2) is 4.96. The highest BCUT2D eigenvalue weighted by molar-refractivity contribution is 6.33. The molecule has 4 heteroatoms. The van der Waals surface area contributed by atoms with E-state index < -0.39 is 0 Å². The van der Waals surface area contributed by atoms with Crippen molar-refractivity contribution in [1.82, 2.24) is 0 Å². The first-order valence-electron chi connectivity index (χ1n) is 4.48. The van der Waals surface area contributed by atoms with Crippen LogP contribution in [-0.2, 0) is 11.3 Å². The summed E-state index contributed by atoms with van der Waals surface area (Å²) in [5, 5.41) is 0.569. The van der Waals surface area contributed by atoms with Crippen LogP contribution in [0.15, 0.2) is 11.1 Å². The van der Waals surface area contributed by atoms with Crippen LogP contribution in [0.5, 0.6) is 5.75 Å². The van der Waals surface area contributed by atoms with E-state index in [4.69, 9.17) is 16.3 Å². The molecule has 0 fully saturated rings. The van der Waals surface area contributed by atoms with Gasteiger partial charge in [0.05, 0.1) is 18.7 Å². The summed E-state index contributed by atoms with van der Waals surface area (Å²) in [6.45, 7) is 4.12. The summed E-state index contributed by atoms with van der Waals surface area (Å²) in [6.07, 6.45) is 1.52. The molecule has 0 unspecified atom stereocenters. The van der Waals surface area contributed by atoms with Crippen LogP contribution in [0.4, 0.5) is 0 Å². The quantitative estimate of drug-likeness (QED) is 0.586. The molecule has 0 aliphatic carbocycles. The molecule has 80 valence electrons. The number of halogens is 1. The van der Waals surface area contributed by atoms with E-state index in [0.717, 1.165) is 16.7 Å². The highest BCUT2D eigenvalue weighted by atomic mass is 35.5. The van der Waals surface area contributed by atoms with Crippen molar-refractivity contribution < 1.29 is 9.53 Å². The van der Waals surface area contributed by atoms with Gasteiger partial charge in [0, 0.05) is 0 Å². The van der Waals surface area contributed by atoms with Gasteiger partial charge in [-0.2, -0.15) is 0 Å². The van der Waals surface area contributed by atoms with E-state index in [-0.39, 0.29) is 0 Å². The fourth-order valence-electron chi connectivity index (χ4n) is 1.46. The van der Waals surface area contributed by atoms with Crippen LogP contribution < -0.4 is 4.74 Å². The summed E-state index contributed by atoms with van der Waals surface area (Å²) in [4.78, 5) is 13.6. The maximum absolute atomic E-state index is 10.1. The maximum Gasteiger partial charge on any atom is 0.235 e. The standard InChI is InChI=1S/C11H12ClNO2/c1-7-4-10(15-3)11(12)8(2)9(7)5-13-6-14/h4H,5H2,1-3H3. The van der Waals surface area contributed by atoms with Gasteiger partial charge < -0.3 is 4.74 Å². The van der Waals surface area contributed by atoms with Gasteiger partial charge in [-0.25, -0.2) is 9.79 Å². The molecular weight excluding hydrogens is 214 g/mol. The predicted molar refractivity (Wildman–Crippen MR) is 59.3 cm³/mol. The Balaban J connectivity index is 3.28. The number of benzene rings is 1. The van der Waals surface area contributed by atoms with Gasteiger partial charge in [0.2, 0.25) is 6.08 Å². The first-order valence-corrected chi connectivity index (χ1v) is 4.85. The van der Waals surface area contributed by atoms with Crippen molar-refractivity contribution in [1.29, 1.82) is 0 Å². The number of rotatable bonds is 3. The van der Waals surface area contributed by atoms with E-state index in [1.807, 2.05) is 19.9 Å². The molecule has 0 aromatic heterocycles. The van der Waals surface area contributed by atoms with Gasteiger partial charge in [0.1, 0.15) is 5.75 Å². The number of carbonyl (C=O) groups excluding carboxylic acids is 1. The Morgan fingerprint density at radius 1 is 1.53 bits per heavy atom. The number of hydrogen-bond acceptors (Lipinski definition) is 3. The number of ether oxygens (including phenoxy) is 1. The fourth-order valence-corrected chi connectivity index (χ4v) is 1.71. The summed E-state index contributed by atoms with van der Waals surface area (Å²) in [7, 11) is 1.57. The first-order chi connectivity index (χ1) is 7.11. The van der Waals surface area contributed by atoms with Crippen LogP contribution in [0.25, 0.3) is 0 Å². The first kappa shape index (κ1) is 11.8. The summed E-state index contributed by atoms with van der Waals surface area (Å²) in [5.41, 5.74) is 2.85. The maximum atomic E-state index is 10.1. The molecule has 1 rings (SSSR count). The second-order valence-corrected chi connectivity index (χ2v) is 3.60. The molecule has 0 atom stereocenters. The van der Waals surface area contributed by atoms with Gasteiger partial charge in [0.25, 0.3) is 0 Å². The minimum Gasteiger partial charge on any atom is -0.495 e. The third-order valence-corrected chi connectivity index (χ3v) is 2.81. The highest BCUT2D eigenvalue weighted by Crippen LogP contribution is 2.32. The number of aryl methyl sites for hydroxylation is 1. The topological polar surface area (TPSA) is 38.7 Å². The van der Waals surface area contributed by atoms with Crippen molar-refractivity contribution in [2.24, 2.45) is 4.99 Å². The average molecular weight is 226 g/mol. The minimum atomic E-state index is 0.310. The third kappa shape index (κ3) is 2.38. The zero-order chi connectivity index (χ0) is 11.4. The highest BCUT2D eigenvalue weighted by Gasteiger charge is 2.11. The van der Waals surface area contributed by atoms with Crippen molar-refractivity contribution in [3.05, 3.63) is 27.8 Å². The van der Waals surface area contributed by atoms with E-state index >= 15 is 0 Å². The molecule has 1 aromatic rings. The summed E-state index contributed by atoms with van der Waals surface area (Å²) >= 11 is 6.08. The SMILES string of the molecule is COc1cc(C)c(CN=C=O)c(C)c1Cl. The Kier molecular flexibility index (Phi) is 3.89. The van der Waals surface area contributed by atoms with Gasteiger partial charge in [-0.15, -0.1) is 0 Å². The summed E-state index contributed by atoms with van der Waals surface area (Å²) in [5.74, 6) is 0.644. The Bertz CT molecular complexity index is 423. The van der Waals surface area contributed by atoms with E-state index in [1.165, 1.54) is 6.08 Å². The van der Waals surface area contributed by atoms with Crippen molar-refractivity contribution >= 4 is 17.7 Å². The molecular formula is C11H12ClNO2. The predicted octanol–water partition coefficient (Wildman–Crippen LogP) is 2.80. The number of aliphatic imine (C=N–C) groups is 1. The molecule has 0 saturated carbocycles. The van der Waals surface area contributed by atoms with Crippen molar-refractivity contribution in [2.45, 2.75) is 20.4 Å². The van der Waals surface area contributed by atoms with E-state index in [9.17, 15) is 4.79 Å². The van der Waals surface area contributed by atoms with E-state index in [2.05, 4.69) is 4.99 Å². The normalized spacial score (nSPS) is 9.60. The Morgan fingerprint density at radius 2 is 2.20 bits per heavy atom. The van der Waals surface area contributed by atoms with Crippen LogP contribution >= 0.6 is 11.6 Å². The number of nitrogens with zero attached hydrogens (tertiary/aromatic N) is 1. The lowest BCUT2D eigenvalue weighted by atomic mass is 10.0. The molecule has 3 nitrogen and oxygen atoms in total. The molecule has 0 saturated heterocycles. The number of isocyanates is 1. The van der Waals surface area contributed by atoms with E-state index in [1.54, 1.807) is 7.11 Å². The Hall–Kier alpha value is -1.31. The van der Waals surface area contributed by atoms with Gasteiger partial charge in [-0.05, 0) is 36.6 Å². The molecule has 0 N–H and O–H groups in total. The molecule has 0 amide bonds.